The fourth-order valence-corrected chi connectivity index (χ4v) is 4.40. The molecular weight excluding hydrogens is 462 g/mol. The molecule has 0 spiro atoms. The molecule has 158 valence electrons. The first-order chi connectivity index (χ1) is 14.9. The smallest absolute Gasteiger partial charge is 0.373 e. The van der Waals surface area contributed by atoms with E-state index in [0.717, 1.165) is 21.6 Å². The normalized spacial score (nSPS) is 15.2. The molecule has 1 aliphatic heterocycles. The van der Waals surface area contributed by atoms with Gasteiger partial charge in [0.2, 0.25) is 5.76 Å². The zero-order valence-corrected chi connectivity index (χ0v) is 18.4. The maximum atomic E-state index is 12.7. The Hall–Kier alpha value is -2.88. The van der Waals surface area contributed by atoms with Crippen LogP contribution in [0.15, 0.2) is 72.3 Å². The van der Waals surface area contributed by atoms with Gasteiger partial charge in [0.25, 0.3) is 11.1 Å². The Morgan fingerprint density at radius 3 is 2.65 bits per heavy atom. The summed E-state index contributed by atoms with van der Waals surface area (Å²) in [7, 11) is 1.24. The van der Waals surface area contributed by atoms with Gasteiger partial charge in [-0.25, -0.2) is 4.79 Å². The van der Waals surface area contributed by atoms with Gasteiger partial charge in [-0.05, 0) is 60.3 Å². The van der Waals surface area contributed by atoms with Gasteiger partial charge in [0.15, 0.2) is 5.09 Å². The third-order valence-corrected chi connectivity index (χ3v) is 6.23. The molecule has 0 aliphatic carbocycles. The van der Waals surface area contributed by atoms with E-state index in [4.69, 9.17) is 20.4 Å². The van der Waals surface area contributed by atoms with Crippen LogP contribution >= 0.6 is 35.1 Å². The standard InChI is InChI=1S/C21H14ClNO6S2/c1-27-20(25)16-8-4-14(28-16)11-23-19(24)17(31-21(23)26)10-13-5-9-18(29-13)30-15-6-2-12(22)3-7-15/h2-10H,11H2,1H3/b17-10+. The Morgan fingerprint density at radius 1 is 1.13 bits per heavy atom. The predicted molar refractivity (Wildman–Crippen MR) is 116 cm³/mol. The van der Waals surface area contributed by atoms with Crippen LogP contribution in [0.2, 0.25) is 5.02 Å². The number of benzene rings is 1. The number of hydrogen-bond acceptors (Lipinski definition) is 8. The van der Waals surface area contributed by atoms with Crippen molar-refractivity contribution >= 4 is 58.3 Å². The van der Waals surface area contributed by atoms with E-state index < -0.39 is 17.1 Å². The molecule has 1 aromatic carbocycles. The molecule has 31 heavy (non-hydrogen) atoms. The van der Waals surface area contributed by atoms with Crippen LogP contribution in [0, 0.1) is 0 Å². The number of amides is 2. The molecule has 1 aliphatic rings. The number of esters is 1. The number of thioether (sulfide) groups is 1. The number of carbonyl (C=O) groups is 3. The Balaban J connectivity index is 1.44. The van der Waals surface area contributed by atoms with E-state index >= 15 is 0 Å². The van der Waals surface area contributed by atoms with Crippen molar-refractivity contribution in [1.29, 1.82) is 0 Å². The van der Waals surface area contributed by atoms with E-state index in [-0.39, 0.29) is 17.2 Å². The Morgan fingerprint density at radius 2 is 1.90 bits per heavy atom. The number of rotatable bonds is 6. The largest absolute Gasteiger partial charge is 0.463 e. The van der Waals surface area contributed by atoms with Crippen LogP contribution in [0.3, 0.4) is 0 Å². The molecule has 7 nitrogen and oxygen atoms in total. The van der Waals surface area contributed by atoms with Crippen molar-refractivity contribution in [2.45, 2.75) is 16.5 Å². The van der Waals surface area contributed by atoms with E-state index in [2.05, 4.69) is 4.74 Å². The summed E-state index contributed by atoms with van der Waals surface area (Å²) in [5.74, 6) is -0.349. The first-order valence-corrected chi connectivity index (χ1v) is 10.9. The van der Waals surface area contributed by atoms with Crippen LogP contribution < -0.4 is 0 Å². The van der Waals surface area contributed by atoms with Gasteiger partial charge in [-0.1, -0.05) is 23.4 Å². The summed E-state index contributed by atoms with van der Waals surface area (Å²) in [5, 5.41) is 0.851. The minimum absolute atomic E-state index is 0.00122. The molecule has 2 amide bonds. The minimum atomic E-state index is -0.634. The number of hydrogen-bond donors (Lipinski definition) is 0. The molecule has 0 saturated carbocycles. The van der Waals surface area contributed by atoms with Gasteiger partial charge >= 0.3 is 5.97 Å². The molecule has 3 heterocycles. The lowest BCUT2D eigenvalue weighted by molar-refractivity contribution is -0.123. The molecule has 3 aromatic rings. The van der Waals surface area contributed by atoms with Crippen molar-refractivity contribution in [3.8, 4) is 0 Å². The molecule has 0 atom stereocenters. The minimum Gasteiger partial charge on any atom is -0.463 e. The second kappa shape index (κ2) is 9.09. The highest BCUT2D eigenvalue weighted by molar-refractivity contribution is 8.18. The summed E-state index contributed by atoms with van der Waals surface area (Å²) >= 11 is 8.11. The highest BCUT2D eigenvalue weighted by atomic mass is 35.5. The number of halogens is 1. The molecule has 10 heteroatoms. The highest BCUT2D eigenvalue weighted by Gasteiger charge is 2.36. The summed E-state index contributed by atoms with van der Waals surface area (Å²) in [4.78, 5) is 38.7. The fourth-order valence-electron chi connectivity index (χ4n) is 2.68. The maximum absolute atomic E-state index is 12.7. The lowest BCUT2D eigenvalue weighted by atomic mass is 10.3. The fraction of sp³-hybridized carbons (Fsp3) is 0.0952. The zero-order valence-electron chi connectivity index (χ0n) is 16.0. The average molecular weight is 476 g/mol. The van der Waals surface area contributed by atoms with Crippen LogP contribution in [-0.2, 0) is 16.1 Å². The predicted octanol–water partition coefficient (Wildman–Crippen LogP) is 5.70. The summed E-state index contributed by atoms with van der Waals surface area (Å²) < 4.78 is 15.7. The van der Waals surface area contributed by atoms with Crippen molar-refractivity contribution in [2.75, 3.05) is 7.11 Å². The van der Waals surface area contributed by atoms with Gasteiger partial charge in [-0.2, -0.15) is 0 Å². The van der Waals surface area contributed by atoms with E-state index in [9.17, 15) is 14.4 Å². The van der Waals surface area contributed by atoms with Crippen molar-refractivity contribution in [3.05, 3.63) is 75.7 Å². The Bertz CT molecular complexity index is 1180. The number of furan rings is 2. The summed E-state index contributed by atoms with van der Waals surface area (Å²) in [5.41, 5.74) is 0. The van der Waals surface area contributed by atoms with Crippen molar-refractivity contribution < 1.29 is 28.0 Å². The van der Waals surface area contributed by atoms with Gasteiger partial charge in [-0.3, -0.25) is 14.5 Å². The molecule has 0 N–H and O–H groups in total. The van der Waals surface area contributed by atoms with Crippen LogP contribution in [0.1, 0.15) is 22.1 Å². The van der Waals surface area contributed by atoms with Gasteiger partial charge in [0.1, 0.15) is 11.5 Å². The molecular formula is C21H14ClNO6S2. The maximum Gasteiger partial charge on any atom is 0.373 e. The van der Waals surface area contributed by atoms with E-state index in [1.165, 1.54) is 37.1 Å². The topological polar surface area (TPSA) is 90.0 Å². The molecule has 0 unspecified atom stereocenters. The Labute approximate surface area is 190 Å². The Kier molecular flexibility index (Phi) is 6.26. The summed E-state index contributed by atoms with van der Waals surface area (Å²) in [6.07, 6.45) is 1.53. The third-order valence-electron chi connectivity index (χ3n) is 4.14. The van der Waals surface area contributed by atoms with Crippen LogP contribution in [0.5, 0.6) is 0 Å². The van der Waals surface area contributed by atoms with Gasteiger partial charge in [0.05, 0.1) is 18.6 Å². The molecule has 2 aromatic heterocycles. The third kappa shape index (κ3) is 4.90. The van der Waals surface area contributed by atoms with Crippen LogP contribution in [-0.4, -0.2) is 29.1 Å². The van der Waals surface area contributed by atoms with E-state index in [1.54, 1.807) is 24.3 Å². The van der Waals surface area contributed by atoms with Crippen LogP contribution in [0.4, 0.5) is 4.79 Å². The van der Waals surface area contributed by atoms with Gasteiger partial charge in [-0.15, -0.1) is 0 Å². The second-order valence-corrected chi connectivity index (χ2v) is 8.75. The average Bonchev–Trinajstić information content (AvgIpc) is 3.47. The second-order valence-electron chi connectivity index (χ2n) is 6.24. The van der Waals surface area contributed by atoms with Crippen molar-refractivity contribution in [2.24, 2.45) is 0 Å². The molecule has 1 fully saturated rings. The van der Waals surface area contributed by atoms with E-state index in [1.807, 2.05) is 12.1 Å². The lowest BCUT2D eigenvalue weighted by Crippen LogP contribution is -2.27. The van der Waals surface area contributed by atoms with Gasteiger partial charge in [0, 0.05) is 16.0 Å². The number of carbonyl (C=O) groups excluding carboxylic acids is 3. The molecule has 0 radical (unpaired) electrons. The zero-order chi connectivity index (χ0) is 22.0. The van der Waals surface area contributed by atoms with Crippen LogP contribution in [0.25, 0.3) is 6.08 Å². The van der Waals surface area contributed by atoms with Gasteiger partial charge < -0.3 is 13.6 Å². The number of methoxy groups -OCH3 is 1. The summed E-state index contributed by atoms with van der Waals surface area (Å²) in [6.45, 7) is -0.0885. The quantitative estimate of drug-likeness (QED) is 0.331. The lowest BCUT2D eigenvalue weighted by Gasteiger charge is -2.09. The summed E-state index contributed by atoms with van der Waals surface area (Å²) in [6, 6.07) is 13.8. The first kappa shape index (κ1) is 21.4. The van der Waals surface area contributed by atoms with E-state index in [0.29, 0.717) is 21.6 Å². The molecule has 1 saturated heterocycles. The van der Waals surface area contributed by atoms with Crippen molar-refractivity contribution in [1.82, 2.24) is 4.90 Å². The number of nitrogens with zero attached hydrogens (tertiary/aromatic N) is 1. The number of ether oxygens (including phenoxy) is 1. The first-order valence-electron chi connectivity index (χ1n) is 8.88. The molecule has 4 rings (SSSR count). The highest BCUT2D eigenvalue weighted by Crippen LogP contribution is 2.35. The number of imide groups is 1. The molecule has 0 bridgehead atoms. The van der Waals surface area contributed by atoms with Crippen molar-refractivity contribution in [3.63, 3.8) is 0 Å². The SMILES string of the molecule is COC(=O)c1ccc(CN2C(=O)S/C(=C/c3ccc(Sc4ccc(Cl)cc4)o3)C2=O)o1. The monoisotopic (exact) mass is 475 g/mol.